The van der Waals surface area contributed by atoms with Gasteiger partial charge in [-0.15, -0.1) is 34.0 Å². The number of aryl methyl sites for hydroxylation is 4. The van der Waals surface area contributed by atoms with E-state index in [0.29, 0.717) is 17.7 Å². The number of benzene rings is 12. The maximum Gasteiger partial charge on any atom is 0.227 e. The molecule has 6 nitrogen and oxygen atoms in total. The van der Waals surface area contributed by atoms with Gasteiger partial charge in [0.15, 0.2) is 16.7 Å². The van der Waals surface area contributed by atoms with E-state index in [9.17, 15) is 0 Å². The van der Waals surface area contributed by atoms with Gasteiger partial charge in [-0.1, -0.05) is 176 Å². The molecule has 0 amide bonds. The molecule has 0 spiro atoms. The Bertz CT molecular complexity index is 5640. The second kappa shape index (κ2) is 21.9. The quantitative estimate of drug-likeness (QED) is 0.165. The summed E-state index contributed by atoms with van der Waals surface area (Å²) in [7, 11) is 0. The Kier molecular flexibility index (Phi) is 13.2. The summed E-state index contributed by atoms with van der Waals surface area (Å²) in [6.45, 7) is 8.24. The lowest BCUT2D eigenvalue weighted by atomic mass is 10.0. The van der Waals surface area contributed by atoms with E-state index in [4.69, 9.17) is 18.2 Å². The normalized spacial score (nSPS) is 11.6. The molecule has 6 aromatic heterocycles. The fourth-order valence-corrected chi connectivity index (χ4v) is 15.8. The molecule has 9 heteroatoms. The number of fused-ring (bicyclic) bond motifs is 12. The molecular formula is C79H53N3O3S3. The number of aromatic nitrogens is 3. The van der Waals surface area contributed by atoms with Crippen molar-refractivity contribution in [2.24, 2.45) is 0 Å². The first-order valence-electron chi connectivity index (χ1n) is 29.4. The minimum Gasteiger partial charge on any atom is -0.436 e. The summed E-state index contributed by atoms with van der Waals surface area (Å²) in [4.78, 5) is 14.1. The molecule has 0 atom stereocenters. The molecule has 0 aliphatic carbocycles. The number of para-hydroxylation sites is 1. The molecule has 12 aromatic carbocycles. The topological polar surface area (TPSA) is 78.1 Å². The molecule has 0 saturated heterocycles. The number of thiophene rings is 3. The van der Waals surface area contributed by atoms with Crippen LogP contribution < -0.4 is 0 Å². The fourth-order valence-electron chi connectivity index (χ4n) is 12.0. The molecule has 0 fully saturated rings. The minimum atomic E-state index is 0.664. The van der Waals surface area contributed by atoms with E-state index in [0.717, 1.165) is 66.7 Å². The Morgan fingerprint density at radius 2 is 0.670 bits per heavy atom. The molecule has 420 valence electrons. The molecule has 6 heterocycles. The molecule has 0 N–H and O–H groups in total. The highest BCUT2D eigenvalue weighted by atomic mass is 32.1. The molecule has 0 bridgehead atoms. The van der Waals surface area contributed by atoms with Gasteiger partial charge in [0.1, 0.15) is 16.6 Å². The zero-order valence-electron chi connectivity index (χ0n) is 48.5. The van der Waals surface area contributed by atoms with Crippen molar-refractivity contribution in [3.8, 4) is 67.7 Å². The van der Waals surface area contributed by atoms with Gasteiger partial charge in [0.2, 0.25) is 17.7 Å². The predicted octanol–water partition coefficient (Wildman–Crippen LogP) is 23.8. The number of oxazole rings is 3. The van der Waals surface area contributed by atoms with Crippen LogP contribution in [0.5, 0.6) is 0 Å². The van der Waals surface area contributed by atoms with Gasteiger partial charge < -0.3 is 13.3 Å². The summed E-state index contributed by atoms with van der Waals surface area (Å²) in [6.07, 6.45) is 0. The lowest BCUT2D eigenvalue weighted by Crippen LogP contribution is -1.81. The van der Waals surface area contributed by atoms with E-state index >= 15 is 0 Å². The Morgan fingerprint density at radius 3 is 1.15 bits per heavy atom. The summed E-state index contributed by atoms with van der Waals surface area (Å²) >= 11 is 5.57. The van der Waals surface area contributed by atoms with Crippen LogP contribution >= 0.6 is 34.0 Å². The number of nitrogens with zero attached hydrogens (tertiary/aromatic N) is 3. The van der Waals surface area contributed by atoms with Crippen LogP contribution in [-0.4, -0.2) is 15.0 Å². The van der Waals surface area contributed by atoms with Crippen LogP contribution in [0.3, 0.4) is 0 Å². The third-order valence-corrected chi connectivity index (χ3v) is 20.3. The average molecular weight is 1190 g/mol. The first kappa shape index (κ1) is 53.2. The highest BCUT2D eigenvalue weighted by Gasteiger charge is 2.18. The minimum absolute atomic E-state index is 0.664. The second-order valence-electron chi connectivity index (χ2n) is 22.4. The van der Waals surface area contributed by atoms with Gasteiger partial charge in [-0.05, 0) is 156 Å². The first-order chi connectivity index (χ1) is 43.2. The van der Waals surface area contributed by atoms with Crippen molar-refractivity contribution in [3.63, 3.8) is 0 Å². The smallest absolute Gasteiger partial charge is 0.227 e. The fraction of sp³-hybridized carbons (Fsp3) is 0.0506. The van der Waals surface area contributed by atoms with E-state index in [2.05, 4.69) is 249 Å². The number of rotatable bonds is 6. The summed E-state index contributed by atoms with van der Waals surface area (Å²) in [5.74, 6) is 2.01. The average Bonchev–Trinajstić information content (AvgIpc) is 2.14. The summed E-state index contributed by atoms with van der Waals surface area (Å²) in [5.41, 5.74) is 20.3. The van der Waals surface area contributed by atoms with Gasteiger partial charge >= 0.3 is 0 Å². The van der Waals surface area contributed by atoms with Crippen molar-refractivity contribution in [1.29, 1.82) is 0 Å². The van der Waals surface area contributed by atoms with Gasteiger partial charge in [-0.2, -0.15) is 0 Å². The largest absolute Gasteiger partial charge is 0.436 e. The summed E-state index contributed by atoms with van der Waals surface area (Å²) in [5, 5.41) is 7.94. The Hall–Kier alpha value is -10.3. The van der Waals surface area contributed by atoms with Gasteiger partial charge in [0.05, 0.1) is 0 Å². The second-order valence-corrected chi connectivity index (χ2v) is 25.6. The van der Waals surface area contributed by atoms with Crippen LogP contribution in [0.4, 0.5) is 0 Å². The molecule has 88 heavy (non-hydrogen) atoms. The highest BCUT2D eigenvalue weighted by Crippen LogP contribution is 2.44. The van der Waals surface area contributed by atoms with Gasteiger partial charge in [0.25, 0.3) is 0 Å². The molecule has 0 radical (unpaired) electrons. The van der Waals surface area contributed by atoms with Crippen molar-refractivity contribution < 1.29 is 13.3 Å². The van der Waals surface area contributed by atoms with Gasteiger partial charge in [0, 0.05) is 77.2 Å². The molecule has 0 saturated carbocycles. The SMILES string of the molecule is Cc1ccc(C)c2oc(-c3ccc(-c4cccc5c4sc4ccccc45)cc3)nc12.Cc1ccc2nc(-c3ccc(-c4cccc5c4sc4ccccc45)cc3)oc2c1.Cc1cccc2nc(-c3ccc(-c4cccc5c4sc4ccccc45)cc3)oc12. The van der Waals surface area contributed by atoms with Crippen LogP contribution in [0.1, 0.15) is 22.3 Å². The van der Waals surface area contributed by atoms with E-state index in [-0.39, 0.29) is 0 Å². The van der Waals surface area contributed by atoms with Crippen molar-refractivity contribution >= 4 is 128 Å². The number of hydrogen-bond acceptors (Lipinski definition) is 9. The third kappa shape index (κ3) is 9.52. The highest BCUT2D eigenvalue weighted by molar-refractivity contribution is 7.27. The van der Waals surface area contributed by atoms with Crippen molar-refractivity contribution in [1.82, 2.24) is 15.0 Å². The van der Waals surface area contributed by atoms with Crippen molar-refractivity contribution in [3.05, 3.63) is 271 Å². The van der Waals surface area contributed by atoms with Crippen LogP contribution in [0.25, 0.3) is 162 Å². The molecule has 18 aromatic rings. The summed E-state index contributed by atoms with van der Waals surface area (Å²) in [6, 6.07) is 87.5. The van der Waals surface area contributed by atoms with Crippen molar-refractivity contribution in [2.45, 2.75) is 27.7 Å². The van der Waals surface area contributed by atoms with E-state index in [1.54, 1.807) is 0 Å². The summed E-state index contributed by atoms with van der Waals surface area (Å²) < 4.78 is 26.1. The van der Waals surface area contributed by atoms with E-state index < -0.39 is 0 Å². The van der Waals surface area contributed by atoms with Crippen LogP contribution in [0, 0.1) is 27.7 Å². The van der Waals surface area contributed by atoms with Crippen LogP contribution in [0.15, 0.2) is 262 Å². The zero-order valence-corrected chi connectivity index (χ0v) is 50.9. The van der Waals surface area contributed by atoms with Crippen LogP contribution in [-0.2, 0) is 0 Å². The maximum atomic E-state index is 6.11. The lowest BCUT2D eigenvalue weighted by Gasteiger charge is -2.04. The van der Waals surface area contributed by atoms with E-state index in [1.807, 2.05) is 71.3 Å². The van der Waals surface area contributed by atoms with E-state index in [1.165, 1.54) is 99.5 Å². The monoisotopic (exact) mass is 1190 g/mol. The molecule has 0 aliphatic heterocycles. The molecular weight excluding hydrogens is 1140 g/mol. The maximum absolute atomic E-state index is 6.11. The predicted molar refractivity (Wildman–Crippen MR) is 372 cm³/mol. The standard InChI is InChI=1S/C27H19NOS.2C26H17NOS/c1-16-10-11-17(2)25-24(16)28-27(29-25)19-14-12-18(13-15-19)20-7-5-8-22-21-6-3-4-9-23(21)30-26(20)22;1-16-6-4-10-22-24(16)28-26(27-22)18-14-12-17(13-15-18)19-8-5-9-21-20-7-2-3-11-23(20)29-25(19)21;1-16-9-14-22-23(15-16)28-26(27-22)18-12-10-17(11-13-18)19-6-4-7-21-20-5-2-3-8-24(20)29-25(19)21/h3-15H,1-2H3;2*2-15H,1H3. The van der Waals surface area contributed by atoms with Crippen molar-refractivity contribution in [2.75, 3.05) is 0 Å². The Balaban J connectivity index is 0.000000106. The number of hydrogen-bond donors (Lipinski definition) is 0. The third-order valence-electron chi connectivity index (χ3n) is 16.6. The zero-order chi connectivity index (χ0) is 59.0. The Labute approximate surface area is 518 Å². The van der Waals surface area contributed by atoms with Gasteiger partial charge in [-0.3, -0.25) is 0 Å². The molecule has 0 aliphatic rings. The molecule has 0 unspecified atom stereocenters. The van der Waals surface area contributed by atoms with Crippen LogP contribution in [0.2, 0.25) is 0 Å². The molecule has 18 rings (SSSR count). The van der Waals surface area contributed by atoms with Gasteiger partial charge in [-0.25, -0.2) is 15.0 Å². The lowest BCUT2D eigenvalue weighted by molar-refractivity contribution is 0.617. The first-order valence-corrected chi connectivity index (χ1v) is 31.8. The Morgan fingerprint density at radius 1 is 0.284 bits per heavy atom.